The Morgan fingerprint density at radius 2 is 1.88 bits per heavy atom. The SMILES string of the molecule is CS(=O)(=O)c1cc([N+](=O)[O-])c(N2CCN(c3ccccn3)CC2)s1. The molecule has 0 saturated carbocycles. The number of piperazine rings is 1. The smallest absolute Gasteiger partial charge is 0.305 e. The molecule has 8 nitrogen and oxygen atoms in total. The minimum Gasteiger partial charge on any atom is -0.354 e. The van der Waals surface area contributed by atoms with Gasteiger partial charge in [0.25, 0.3) is 0 Å². The van der Waals surface area contributed by atoms with Crippen LogP contribution in [0.25, 0.3) is 0 Å². The van der Waals surface area contributed by atoms with E-state index in [-0.39, 0.29) is 9.90 Å². The minimum absolute atomic E-state index is 0.0244. The third kappa shape index (κ3) is 3.34. The summed E-state index contributed by atoms with van der Waals surface area (Å²) < 4.78 is 23.4. The van der Waals surface area contributed by atoms with Gasteiger partial charge in [0.05, 0.1) is 4.92 Å². The summed E-state index contributed by atoms with van der Waals surface area (Å²) in [5.41, 5.74) is -0.147. The third-order valence-corrected chi connectivity index (χ3v) is 6.76. The number of rotatable bonds is 4. The van der Waals surface area contributed by atoms with Crippen LogP contribution in [0.2, 0.25) is 0 Å². The molecular weight excluding hydrogens is 352 g/mol. The second-order valence-corrected chi connectivity index (χ2v) is 8.72. The van der Waals surface area contributed by atoms with Crippen molar-refractivity contribution in [2.24, 2.45) is 0 Å². The zero-order valence-corrected chi connectivity index (χ0v) is 14.6. The Bertz CT molecular complexity index is 843. The quantitative estimate of drug-likeness (QED) is 0.599. The summed E-state index contributed by atoms with van der Waals surface area (Å²) in [5.74, 6) is 0.870. The molecule has 1 aliphatic rings. The molecule has 0 atom stereocenters. The van der Waals surface area contributed by atoms with E-state index in [2.05, 4.69) is 9.88 Å². The summed E-state index contributed by atoms with van der Waals surface area (Å²) in [6, 6.07) is 6.84. The zero-order chi connectivity index (χ0) is 17.3. The average Bonchev–Trinajstić information content (AvgIpc) is 3.02. The van der Waals surface area contributed by atoms with Gasteiger partial charge in [-0.1, -0.05) is 17.4 Å². The molecule has 1 fully saturated rings. The molecule has 128 valence electrons. The van der Waals surface area contributed by atoms with E-state index in [9.17, 15) is 18.5 Å². The van der Waals surface area contributed by atoms with Gasteiger partial charge in [0.1, 0.15) is 10.0 Å². The van der Waals surface area contributed by atoms with Gasteiger partial charge in [-0.2, -0.15) is 0 Å². The maximum absolute atomic E-state index is 11.7. The van der Waals surface area contributed by atoms with E-state index < -0.39 is 14.8 Å². The molecule has 0 bridgehead atoms. The molecule has 0 aromatic carbocycles. The van der Waals surface area contributed by atoms with Crippen molar-refractivity contribution >= 4 is 37.7 Å². The summed E-state index contributed by atoms with van der Waals surface area (Å²) >= 11 is 0.960. The summed E-state index contributed by atoms with van der Waals surface area (Å²) in [6.45, 7) is 2.48. The minimum atomic E-state index is -3.46. The van der Waals surface area contributed by atoms with E-state index in [1.165, 1.54) is 0 Å². The van der Waals surface area contributed by atoms with Crippen molar-refractivity contribution in [3.63, 3.8) is 0 Å². The third-order valence-electron chi connectivity index (χ3n) is 3.77. The van der Waals surface area contributed by atoms with Crippen molar-refractivity contribution in [2.45, 2.75) is 4.21 Å². The van der Waals surface area contributed by atoms with Gasteiger partial charge in [0.2, 0.25) is 0 Å². The van der Waals surface area contributed by atoms with E-state index in [1.54, 1.807) is 6.20 Å². The van der Waals surface area contributed by atoms with Crippen molar-refractivity contribution < 1.29 is 13.3 Å². The van der Waals surface area contributed by atoms with E-state index in [1.807, 2.05) is 23.1 Å². The molecular formula is C14H16N4O4S2. The number of hydrogen-bond acceptors (Lipinski definition) is 8. The Labute approximate surface area is 143 Å². The lowest BCUT2D eigenvalue weighted by Gasteiger charge is -2.35. The lowest BCUT2D eigenvalue weighted by molar-refractivity contribution is -0.383. The van der Waals surface area contributed by atoms with Crippen LogP contribution in [0.15, 0.2) is 34.7 Å². The molecule has 24 heavy (non-hydrogen) atoms. The molecule has 3 heterocycles. The Morgan fingerprint density at radius 3 is 2.42 bits per heavy atom. The highest BCUT2D eigenvalue weighted by atomic mass is 32.2. The number of thiophene rings is 1. The second-order valence-electron chi connectivity index (χ2n) is 5.45. The van der Waals surface area contributed by atoms with Crippen LogP contribution < -0.4 is 9.80 Å². The molecule has 2 aromatic heterocycles. The number of aromatic nitrogens is 1. The Kier molecular flexibility index (Phi) is 4.41. The number of nitro groups is 1. The van der Waals surface area contributed by atoms with Gasteiger partial charge in [-0.25, -0.2) is 13.4 Å². The largest absolute Gasteiger partial charge is 0.354 e. The summed E-state index contributed by atoms with van der Waals surface area (Å²) in [7, 11) is -3.46. The highest BCUT2D eigenvalue weighted by molar-refractivity contribution is 7.92. The van der Waals surface area contributed by atoms with Gasteiger partial charge in [-0.05, 0) is 12.1 Å². The molecule has 0 unspecified atom stereocenters. The van der Waals surface area contributed by atoms with Gasteiger partial charge in [0, 0.05) is 44.7 Å². The Hall–Kier alpha value is -2.20. The topological polar surface area (TPSA) is 96.6 Å². The maximum Gasteiger partial charge on any atom is 0.305 e. The van der Waals surface area contributed by atoms with Crippen LogP contribution in [-0.4, -0.2) is 50.8 Å². The number of anilines is 2. The molecule has 0 N–H and O–H groups in total. The number of pyridine rings is 1. The van der Waals surface area contributed by atoms with Gasteiger partial charge >= 0.3 is 5.69 Å². The van der Waals surface area contributed by atoms with Crippen LogP contribution in [0.1, 0.15) is 0 Å². The van der Waals surface area contributed by atoms with Crippen LogP contribution >= 0.6 is 11.3 Å². The first-order chi connectivity index (χ1) is 11.4. The summed E-state index contributed by atoms with van der Waals surface area (Å²) in [6.07, 6.45) is 2.79. The zero-order valence-electron chi connectivity index (χ0n) is 13.0. The summed E-state index contributed by atoms with van der Waals surface area (Å²) in [5, 5.41) is 11.7. The van der Waals surface area contributed by atoms with Crippen molar-refractivity contribution in [1.29, 1.82) is 0 Å². The first-order valence-corrected chi connectivity index (χ1v) is 9.96. The fourth-order valence-corrected chi connectivity index (χ4v) is 4.65. The second kappa shape index (κ2) is 6.36. The van der Waals surface area contributed by atoms with Gasteiger partial charge in [-0.3, -0.25) is 10.1 Å². The fourth-order valence-electron chi connectivity index (χ4n) is 2.57. The van der Waals surface area contributed by atoms with E-state index >= 15 is 0 Å². The average molecular weight is 368 g/mol. The van der Waals surface area contributed by atoms with Crippen LogP contribution in [0.3, 0.4) is 0 Å². The number of hydrogen-bond donors (Lipinski definition) is 0. The predicted molar refractivity (Wildman–Crippen MR) is 92.7 cm³/mol. The van der Waals surface area contributed by atoms with Gasteiger partial charge < -0.3 is 9.80 Å². The van der Waals surface area contributed by atoms with Crippen molar-refractivity contribution in [2.75, 3.05) is 42.2 Å². The van der Waals surface area contributed by atoms with Crippen molar-refractivity contribution in [3.05, 3.63) is 40.6 Å². The lowest BCUT2D eigenvalue weighted by atomic mass is 10.3. The standard InChI is InChI=1S/C14H16N4O4S2/c1-24(21,22)13-10-11(18(19)20)14(23-13)17-8-6-16(7-9-17)12-4-2-3-5-15-12/h2-5,10H,6-9H2,1H3. The van der Waals surface area contributed by atoms with E-state index in [0.717, 1.165) is 29.5 Å². The van der Waals surface area contributed by atoms with E-state index in [0.29, 0.717) is 31.2 Å². The molecule has 2 aromatic rings. The van der Waals surface area contributed by atoms with Gasteiger partial charge in [-0.15, -0.1) is 0 Å². The molecule has 1 aliphatic heterocycles. The highest BCUT2D eigenvalue weighted by Gasteiger charge is 2.29. The van der Waals surface area contributed by atoms with Crippen LogP contribution in [0.5, 0.6) is 0 Å². The molecule has 0 radical (unpaired) electrons. The predicted octanol–water partition coefficient (Wildman–Crippen LogP) is 1.78. The molecule has 10 heteroatoms. The Balaban J connectivity index is 1.81. The normalized spacial score (nSPS) is 15.5. The molecule has 1 saturated heterocycles. The van der Waals surface area contributed by atoms with Crippen LogP contribution in [-0.2, 0) is 9.84 Å². The highest BCUT2D eigenvalue weighted by Crippen LogP contribution is 2.40. The maximum atomic E-state index is 11.7. The monoisotopic (exact) mass is 368 g/mol. The fraction of sp³-hybridized carbons (Fsp3) is 0.357. The first-order valence-electron chi connectivity index (χ1n) is 7.25. The van der Waals surface area contributed by atoms with Crippen molar-refractivity contribution in [1.82, 2.24) is 4.98 Å². The number of nitrogens with zero attached hydrogens (tertiary/aromatic N) is 4. The molecule has 3 rings (SSSR count). The molecule has 0 amide bonds. The molecule has 0 aliphatic carbocycles. The van der Waals surface area contributed by atoms with E-state index in [4.69, 9.17) is 0 Å². The number of sulfone groups is 1. The van der Waals surface area contributed by atoms with Crippen molar-refractivity contribution in [3.8, 4) is 0 Å². The summed E-state index contributed by atoms with van der Waals surface area (Å²) in [4.78, 5) is 19.0. The van der Waals surface area contributed by atoms with Crippen LogP contribution in [0, 0.1) is 10.1 Å². The first kappa shape index (κ1) is 16.7. The molecule has 0 spiro atoms. The lowest BCUT2D eigenvalue weighted by Crippen LogP contribution is -2.46. The van der Waals surface area contributed by atoms with Crippen LogP contribution in [0.4, 0.5) is 16.5 Å². The van der Waals surface area contributed by atoms with Gasteiger partial charge in [0.15, 0.2) is 14.8 Å². The Morgan fingerprint density at radius 1 is 1.21 bits per heavy atom.